The summed E-state index contributed by atoms with van der Waals surface area (Å²) in [4.78, 5) is 7.48. The van der Waals surface area contributed by atoms with Crippen molar-refractivity contribution in [3.63, 3.8) is 0 Å². The fourth-order valence-corrected chi connectivity index (χ4v) is 14.6. The molecular weight excluding hydrogens is 1270 g/mol. The van der Waals surface area contributed by atoms with Crippen LogP contribution in [0.5, 0.6) is 0 Å². The average molecular weight is 1360 g/mol. The van der Waals surface area contributed by atoms with Gasteiger partial charge in [-0.3, -0.25) is 12.1 Å². The Morgan fingerprint density at radius 2 is 0.978 bits per heavy atom. The van der Waals surface area contributed by atoms with Gasteiger partial charge in [0.25, 0.3) is 0 Å². The van der Waals surface area contributed by atoms with Crippen molar-refractivity contribution in [3.05, 3.63) is 251 Å². The van der Waals surface area contributed by atoms with E-state index in [1.807, 2.05) is 0 Å². The predicted molar refractivity (Wildman–Crippen MR) is 370 cm³/mol. The summed E-state index contributed by atoms with van der Waals surface area (Å²) in [6.45, 7) is 37.1. The van der Waals surface area contributed by atoms with Crippen LogP contribution >= 0.6 is 0 Å². The van der Waals surface area contributed by atoms with E-state index in [4.69, 9.17) is 0 Å². The zero-order valence-corrected chi connectivity index (χ0v) is 63.4. The molecule has 0 bridgehead atoms. The van der Waals surface area contributed by atoms with Crippen LogP contribution in [0, 0.1) is 24.3 Å². The van der Waals surface area contributed by atoms with Crippen LogP contribution in [0.25, 0.3) is 33.4 Å². The van der Waals surface area contributed by atoms with E-state index in [0.29, 0.717) is 0 Å². The Bertz CT molecular complexity index is 4420. The van der Waals surface area contributed by atoms with E-state index in [0.717, 1.165) is 74.3 Å². The van der Waals surface area contributed by atoms with Crippen molar-refractivity contribution in [2.45, 2.75) is 150 Å². The predicted octanol–water partition coefficient (Wildman–Crippen LogP) is 20.3. The zero-order chi connectivity index (χ0) is 61.1. The van der Waals surface area contributed by atoms with Gasteiger partial charge < -0.3 is 26.8 Å². The summed E-state index contributed by atoms with van der Waals surface area (Å²) >= 11 is 0. The van der Waals surface area contributed by atoms with Gasteiger partial charge in [-0.05, 0) is 132 Å². The van der Waals surface area contributed by atoms with E-state index < -0.39 is 0 Å². The Morgan fingerprint density at radius 3 is 1.62 bits per heavy atom. The standard InChI is InChI=1S/C83H80BN3.2Cd/c1-17-81(11,12)56-48-74-77-75(49-56)87(59-40-33-54(34-41-59)79(5,6)7)73-51-61(85(57-38-31-53(32-39-57)78(2,3)4)60-42-44-64-63-23-18-20-26-66(63)83(15,16)69(64)50-60)43-46-71(73)84(77)70-45-35-55(80(8,9)10)47-72(70)86(74)58-36-29-52(30-37-58)62-25-22-28-68-76(62)65-24-19-21-27-67(65)82(68,13)14;;/h18-35,38-46,49-51H,17H2,1-16H3;;/q-4;2*+2. The summed E-state index contributed by atoms with van der Waals surface area (Å²) in [5, 5.41) is 0. The van der Waals surface area contributed by atoms with Crippen molar-refractivity contribution in [1.29, 1.82) is 0 Å². The average Bonchev–Trinajstić information content (AvgIpc) is 1.46. The number of rotatable bonds is 8. The molecule has 10 aromatic rings. The van der Waals surface area contributed by atoms with Crippen molar-refractivity contribution in [3.8, 4) is 33.4 Å². The maximum atomic E-state index is 4.23. The maximum absolute atomic E-state index is 4.23. The molecule has 2 aliphatic carbocycles. The van der Waals surface area contributed by atoms with Crippen LogP contribution in [0.1, 0.15) is 162 Å². The van der Waals surface area contributed by atoms with Gasteiger partial charge >= 0.3 is 54.6 Å². The molecule has 0 saturated carbocycles. The molecule has 0 unspecified atom stereocenters. The van der Waals surface area contributed by atoms with E-state index in [1.165, 1.54) is 77.6 Å². The van der Waals surface area contributed by atoms with Crippen LogP contribution < -0.4 is 31.1 Å². The molecule has 0 fully saturated rings. The first kappa shape index (κ1) is 62.7. The van der Waals surface area contributed by atoms with Gasteiger partial charge in [0.1, 0.15) is 6.71 Å². The minimum Gasteiger partial charge on any atom is -0.406 e. The summed E-state index contributed by atoms with van der Waals surface area (Å²) < 4.78 is 0. The molecule has 10 aromatic carbocycles. The van der Waals surface area contributed by atoms with Crippen molar-refractivity contribution in [2.24, 2.45) is 0 Å². The molecule has 0 aromatic heterocycles. The number of hydrogen-bond acceptors (Lipinski definition) is 3. The third kappa shape index (κ3) is 10.1. The third-order valence-electron chi connectivity index (χ3n) is 20.2. The Labute approximate surface area is 572 Å². The van der Waals surface area contributed by atoms with Crippen LogP contribution in [0.3, 0.4) is 0 Å². The van der Waals surface area contributed by atoms with Crippen LogP contribution in [-0.4, -0.2) is 6.71 Å². The van der Waals surface area contributed by atoms with Gasteiger partial charge in [0.05, 0.1) is 0 Å². The van der Waals surface area contributed by atoms with Crippen molar-refractivity contribution in [1.82, 2.24) is 0 Å². The third-order valence-corrected chi connectivity index (χ3v) is 20.2. The van der Waals surface area contributed by atoms with Gasteiger partial charge in [-0.1, -0.05) is 236 Å². The molecule has 0 saturated heterocycles. The molecule has 0 spiro atoms. The van der Waals surface area contributed by atoms with Crippen molar-refractivity contribution >= 4 is 74.3 Å². The van der Waals surface area contributed by atoms with Gasteiger partial charge in [-0.25, -0.2) is 11.3 Å². The second kappa shape index (κ2) is 22.1. The summed E-state index contributed by atoms with van der Waals surface area (Å²) in [5.41, 5.74) is 30.5. The number of nitrogens with zero attached hydrogens (tertiary/aromatic N) is 3. The molecule has 6 heteroatoms. The summed E-state index contributed by atoms with van der Waals surface area (Å²) in [6, 6.07) is 85.7. The quantitative estimate of drug-likeness (QED) is 0.111. The second-order valence-corrected chi connectivity index (χ2v) is 30.0. The first-order valence-electron chi connectivity index (χ1n) is 31.6. The number of anilines is 9. The largest absolute Gasteiger partial charge is 2.00 e. The van der Waals surface area contributed by atoms with Crippen molar-refractivity contribution < 1.29 is 54.6 Å². The van der Waals surface area contributed by atoms with E-state index >= 15 is 0 Å². The molecule has 0 atom stereocenters. The molecule has 14 rings (SSSR count). The van der Waals surface area contributed by atoms with Gasteiger partial charge in [0, 0.05) is 39.3 Å². The van der Waals surface area contributed by atoms with E-state index in [1.54, 1.807) is 0 Å². The van der Waals surface area contributed by atoms with Crippen LogP contribution in [-0.2, 0) is 87.1 Å². The molecule has 434 valence electrons. The Morgan fingerprint density at radius 1 is 0.449 bits per heavy atom. The van der Waals surface area contributed by atoms with E-state index in [2.05, 4.69) is 332 Å². The monoisotopic (exact) mass is 1360 g/mol. The summed E-state index contributed by atoms with van der Waals surface area (Å²) in [5.74, 6) is 0. The fourth-order valence-electron chi connectivity index (χ4n) is 14.6. The Hall–Kier alpha value is -6.49. The fraction of sp³-hybridized carbons (Fsp3) is 0.277. The summed E-state index contributed by atoms with van der Waals surface area (Å²) in [7, 11) is 0. The SMILES string of the molecule is CCC(C)(C)c1[c-]c2c3c(c1)N(c1ccc(C(C)(C)C)cc1)c1cc(N(c4ccc(C(C)(C)C)cc4)c4ccc5c(c4)C(C)(C)c4ccccc4-5)ccc1B3c1ccc(C(C)(C)C)[c-]c1N2c1[c-]cc(-c2cccc3c2-c2ccccc2C3(C)C)c[c-]1.[Cd+2].[Cd+2]. The summed E-state index contributed by atoms with van der Waals surface area (Å²) in [6.07, 6.45) is 0.933. The topological polar surface area (TPSA) is 9.72 Å². The molecule has 0 N–H and O–H groups in total. The van der Waals surface area contributed by atoms with Crippen LogP contribution in [0.2, 0.25) is 0 Å². The van der Waals surface area contributed by atoms with E-state index in [9.17, 15) is 0 Å². The molecule has 0 radical (unpaired) electrons. The molecule has 2 aliphatic heterocycles. The van der Waals surface area contributed by atoms with Gasteiger partial charge in [0.15, 0.2) is 0 Å². The van der Waals surface area contributed by atoms with Gasteiger partial charge in [-0.15, -0.1) is 17.1 Å². The van der Waals surface area contributed by atoms with Gasteiger partial charge in [0.2, 0.25) is 0 Å². The zero-order valence-electron chi connectivity index (χ0n) is 55.4. The molecule has 3 nitrogen and oxygen atoms in total. The Kier molecular flexibility index (Phi) is 15.6. The van der Waals surface area contributed by atoms with E-state index in [-0.39, 0.29) is 93.8 Å². The van der Waals surface area contributed by atoms with Crippen LogP contribution in [0.4, 0.5) is 51.2 Å². The van der Waals surface area contributed by atoms with Gasteiger partial charge in [-0.2, -0.15) is 40.9 Å². The van der Waals surface area contributed by atoms with Crippen molar-refractivity contribution in [2.75, 3.05) is 14.7 Å². The first-order chi connectivity index (χ1) is 41.3. The second-order valence-electron chi connectivity index (χ2n) is 30.0. The molecule has 4 aliphatic rings. The number of benzene rings is 10. The molecule has 89 heavy (non-hydrogen) atoms. The maximum Gasteiger partial charge on any atom is 2.00 e. The molecule has 2 heterocycles. The minimum absolute atomic E-state index is 0. The smallest absolute Gasteiger partial charge is 0.406 e. The number of fused-ring (bicyclic) bond motifs is 10. The molecule has 0 amide bonds. The Balaban J connectivity index is 0.00000385. The molecular formula is C83H80BCd2N3. The van der Waals surface area contributed by atoms with Crippen LogP contribution in [0.15, 0.2) is 182 Å². The first-order valence-corrected chi connectivity index (χ1v) is 31.6. The number of hydrogen-bond donors (Lipinski definition) is 0. The normalized spacial score (nSPS) is 14.7. The minimum atomic E-state index is -0.222.